The predicted octanol–water partition coefficient (Wildman–Crippen LogP) is 0.0737. The maximum atomic E-state index is 5.46. The summed E-state index contributed by atoms with van der Waals surface area (Å²) >= 11 is 0. The number of nitrogens with zero attached hydrogens (tertiary/aromatic N) is 2. The molecule has 1 aromatic carbocycles. The van der Waals surface area contributed by atoms with Gasteiger partial charge in [-0.05, 0) is 6.07 Å². The van der Waals surface area contributed by atoms with E-state index in [4.69, 9.17) is 25.7 Å². The van der Waals surface area contributed by atoms with Gasteiger partial charge in [-0.25, -0.2) is 0 Å². The summed E-state index contributed by atoms with van der Waals surface area (Å²) in [6.07, 6.45) is 1.48. The zero-order chi connectivity index (χ0) is 13.0. The standard InChI is InChI=1S/C11H14N4O3/c1-16-8-5-10-9(17-2-3-18-10)4-7(8)6-14-15-11(12)13/h4-6H,2-3H2,1H3,(H4,12,13,15). The minimum Gasteiger partial charge on any atom is -0.496 e. The minimum absolute atomic E-state index is 0.109. The Morgan fingerprint density at radius 1 is 1.28 bits per heavy atom. The normalized spacial score (nSPS) is 13.4. The lowest BCUT2D eigenvalue weighted by Gasteiger charge is -2.19. The van der Waals surface area contributed by atoms with E-state index < -0.39 is 0 Å². The van der Waals surface area contributed by atoms with E-state index >= 15 is 0 Å². The lowest BCUT2D eigenvalue weighted by Crippen LogP contribution is -2.21. The van der Waals surface area contributed by atoms with Crippen molar-refractivity contribution < 1.29 is 14.2 Å². The molecule has 0 atom stereocenters. The Morgan fingerprint density at radius 3 is 2.56 bits per heavy atom. The molecule has 4 N–H and O–H groups in total. The Kier molecular flexibility index (Phi) is 3.52. The Labute approximate surface area is 104 Å². The van der Waals surface area contributed by atoms with Crippen molar-refractivity contribution in [3.05, 3.63) is 17.7 Å². The molecule has 96 valence electrons. The molecule has 0 aliphatic carbocycles. The van der Waals surface area contributed by atoms with E-state index in [1.54, 1.807) is 19.2 Å². The number of nitrogens with two attached hydrogens (primary N) is 2. The lowest BCUT2D eigenvalue weighted by atomic mass is 10.2. The van der Waals surface area contributed by atoms with Crippen molar-refractivity contribution in [2.24, 2.45) is 21.7 Å². The van der Waals surface area contributed by atoms with E-state index in [0.29, 0.717) is 36.0 Å². The second-order valence-electron chi connectivity index (χ2n) is 3.51. The second kappa shape index (κ2) is 5.26. The number of ether oxygens (including phenoxy) is 3. The molecule has 1 aliphatic rings. The van der Waals surface area contributed by atoms with Gasteiger partial charge in [-0.3, -0.25) is 0 Å². The van der Waals surface area contributed by atoms with Crippen molar-refractivity contribution >= 4 is 12.2 Å². The quantitative estimate of drug-likeness (QED) is 0.449. The SMILES string of the molecule is COc1cc2c(cc1C=NN=C(N)N)OCCO2. The number of benzene rings is 1. The molecule has 1 aliphatic heterocycles. The molecule has 7 nitrogen and oxygen atoms in total. The molecule has 0 aromatic heterocycles. The van der Waals surface area contributed by atoms with Crippen LogP contribution in [0.3, 0.4) is 0 Å². The highest BCUT2D eigenvalue weighted by molar-refractivity contribution is 5.86. The van der Waals surface area contributed by atoms with E-state index in [-0.39, 0.29) is 5.96 Å². The summed E-state index contributed by atoms with van der Waals surface area (Å²) < 4.78 is 16.1. The Bertz CT molecular complexity index is 495. The lowest BCUT2D eigenvalue weighted by molar-refractivity contribution is 0.171. The molecular weight excluding hydrogens is 236 g/mol. The van der Waals surface area contributed by atoms with E-state index in [1.807, 2.05) is 0 Å². The van der Waals surface area contributed by atoms with Gasteiger partial charge >= 0.3 is 0 Å². The molecule has 0 amide bonds. The first-order chi connectivity index (χ1) is 8.70. The van der Waals surface area contributed by atoms with Gasteiger partial charge in [-0.15, -0.1) is 5.10 Å². The highest BCUT2D eigenvalue weighted by Crippen LogP contribution is 2.35. The van der Waals surface area contributed by atoms with E-state index in [1.165, 1.54) is 6.21 Å². The van der Waals surface area contributed by atoms with Crippen LogP contribution < -0.4 is 25.7 Å². The van der Waals surface area contributed by atoms with Crippen LogP contribution in [0, 0.1) is 0 Å². The number of fused-ring (bicyclic) bond motifs is 1. The summed E-state index contributed by atoms with van der Waals surface area (Å²) in [5.74, 6) is 1.79. The van der Waals surface area contributed by atoms with Crippen LogP contribution in [0.2, 0.25) is 0 Å². The monoisotopic (exact) mass is 250 g/mol. The molecule has 2 rings (SSSR count). The molecule has 0 radical (unpaired) electrons. The van der Waals surface area contributed by atoms with Gasteiger partial charge < -0.3 is 25.7 Å². The second-order valence-corrected chi connectivity index (χ2v) is 3.51. The zero-order valence-corrected chi connectivity index (χ0v) is 9.92. The maximum Gasteiger partial charge on any atom is 0.211 e. The van der Waals surface area contributed by atoms with Crippen LogP contribution in [0.25, 0.3) is 0 Å². The van der Waals surface area contributed by atoms with Crippen molar-refractivity contribution in [3.8, 4) is 17.2 Å². The van der Waals surface area contributed by atoms with Crippen LogP contribution in [0.15, 0.2) is 22.3 Å². The highest BCUT2D eigenvalue weighted by atomic mass is 16.6. The van der Waals surface area contributed by atoms with Gasteiger partial charge in [0.1, 0.15) is 19.0 Å². The van der Waals surface area contributed by atoms with E-state index in [2.05, 4.69) is 10.2 Å². The van der Waals surface area contributed by atoms with Crippen molar-refractivity contribution in [2.45, 2.75) is 0 Å². The summed E-state index contributed by atoms with van der Waals surface area (Å²) in [4.78, 5) is 0. The maximum absolute atomic E-state index is 5.46. The molecule has 0 saturated heterocycles. The number of guanidine groups is 1. The molecule has 7 heteroatoms. The average Bonchev–Trinajstić information content (AvgIpc) is 2.37. The number of hydrogen-bond acceptors (Lipinski definition) is 5. The summed E-state index contributed by atoms with van der Waals surface area (Å²) in [5.41, 5.74) is 11.1. The molecule has 18 heavy (non-hydrogen) atoms. The molecule has 1 heterocycles. The third-order valence-electron chi connectivity index (χ3n) is 2.26. The third kappa shape index (κ3) is 2.62. The third-order valence-corrected chi connectivity index (χ3v) is 2.26. The van der Waals surface area contributed by atoms with Crippen molar-refractivity contribution in [1.82, 2.24) is 0 Å². The van der Waals surface area contributed by atoms with Crippen molar-refractivity contribution in [2.75, 3.05) is 20.3 Å². The topological polar surface area (TPSA) is 104 Å². The van der Waals surface area contributed by atoms with Crippen molar-refractivity contribution in [1.29, 1.82) is 0 Å². The average molecular weight is 250 g/mol. The molecule has 0 fully saturated rings. The van der Waals surface area contributed by atoms with Crippen LogP contribution >= 0.6 is 0 Å². The predicted molar refractivity (Wildman–Crippen MR) is 67.4 cm³/mol. The van der Waals surface area contributed by atoms with E-state index in [9.17, 15) is 0 Å². The van der Waals surface area contributed by atoms with E-state index in [0.717, 1.165) is 0 Å². The fourth-order valence-electron chi connectivity index (χ4n) is 1.52. The minimum atomic E-state index is -0.109. The largest absolute Gasteiger partial charge is 0.496 e. The first-order valence-electron chi connectivity index (χ1n) is 5.30. The van der Waals surface area contributed by atoms with Crippen LogP contribution in [0.1, 0.15) is 5.56 Å². The first-order valence-corrected chi connectivity index (χ1v) is 5.30. The fraction of sp³-hybridized carbons (Fsp3) is 0.273. The number of rotatable bonds is 3. The molecule has 0 spiro atoms. The zero-order valence-electron chi connectivity index (χ0n) is 9.92. The Morgan fingerprint density at radius 2 is 1.94 bits per heavy atom. The van der Waals surface area contributed by atoms with Gasteiger partial charge in [-0.2, -0.15) is 5.10 Å². The number of methoxy groups -OCH3 is 1. The van der Waals surface area contributed by atoms with Crippen LogP contribution in [-0.2, 0) is 0 Å². The van der Waals surface area contributed by atoms with Gasteiger partial charge in [0.15, 0.2) is 11.5 Å². The summed E-state index contributed by atoms with van der Waals surface area (Å²) in [6, 6.07) is 3.50. The van der Waals surface area contributed by atoms with Gasteiger partial charge in [0.25, 0.3) is 0 Å². The highest BCUT2D eigenvalue weighted by Gasteiger charge is 2.15. The van der Waals surface area contributed by atoms with Gasteiger partial charge in [-0.1, -0.05) is 0 Å². The van der Waals surface area contributed by atoms with Crippen LogP contribution in [-0.4, -0.2) is 32.5 Å². The summed E-state index contributed by atoms with van der Waals surface area (Å²) in [7, 11) is 1.56. The number of hydrogen-bond donors (Lipinski definition) is 2. The fourth-order valence-corrected chi connectivity index (χ4v) is 1.52. The summed E-state index contributed by atoms with van der Waals surface area (Å²) in [5, 5.41) is 7.26. The van der Waals surface area contributed by atoms with Gasteiger partial charge in [0, 0.05) is 11.6 Å². The first kappa shape index (κ1) is 12.0. The molecule has 0 saturated carbocycles. The van der Waals surface area contributed by atoms with Crippen LogP contribution in [0.4, 0.5) is 0 Å². The molecule has 0 bridgehead atoms. The Balaban J connectivity index is 2.33. The molecule has 1 aromatic rings. The van der Waals surface area contributed by atoms with Crippen LogP contribution in [0.5, 0.6) is 17.2 Å². The smallest absolute Gasteiger partial charge is 0.211 e. The summed E-state index contributed by atoms with van der Waals surface area (Å²) in [6.45, 7) is 1.04. The molecule has 0 unspecified atom stereocenters. The van der Waals surface area contributed by atoms with Crippen molar-refractivity contribution in [3.63, 3.8) is 0 Å². The Hall–Kier alpha value is -2.44. The van der Waals surface area contributed by atoms with Gasteiger partial charge in [0.05, 0.1) is 13.3 Å². The van der Waals surface area contributed by atoms with Gasteiger partial charge in [0.2, 0.25) is 5.96 Å². The molecular formula is C11H14N4O3.